The third-order valence-corrected chi connectivity index (χ3v) is 4.21. The van der Waals surface area contributed by atoms with Crippen LogP contribution in [-0.4, -0.2) is 51.8 Å². The highest BCUT2D eigenvalue weighted by Gasteiger charge is 2.23. The second kappa shape index (κ2) is 5.95. The van der Waals surface area contributed by atoms with E-state index in [0.717, 1.165) is 12.8 Å². The molecule has 0 bridgehead atoms. The number of nitrogens with two attached hydrogens (primary N) is 1. The molecule has 5 nitrogen and oxygen atoms in total. The van der Waals surface area contributed by atoms with E-state index in [1.165, 1.54) is 12.8 Å². The normalized spacial score (nSPS) is 27.2. The SMILES string of the molecule is CNC1CCC(N(C)CCS(N)(=O)=O)CC1. The molecule has 1 aliphatic rings. The van der Waals surface area contributed by atoms with E-state index in [1.54, 1.807) is 0 Å². The molecular weight excluding hydrogens is 226 g/mol. The van der Waals surface area contributed by atoms with Gasteiger partial charge in [0.1, 0.15) is 0 Å². The Morgan fingerprint density at radius 3 is 2.31 bits per heavy atom. The standard InChI is InChI=1S/C10H23N3O2S/c1-12-9-3-5-10(6-4-9)13(2)7-8-16(11,14)15/h9-10,12H,3-8H2,1-2H3,(H2,11,14,15). The van der Waals surface area contributed by atoms with Crippen LogP contribution >= 0.6 is 0 Å². The smallest absolute Gasteiger partial charge is 0.210 e. The monoisotopic (exact) mass is 249 g/mol. The molecule has 0 atom stereocenters. The molecule has 0 amide bonds. The third kappa shape index (κ3) is 4.78. The first-order valence-electron chi connectivity index (χ1n) is 5.80. The Bertz CT molecular complexity index is 297. The van der Waals surface area contributed by atoms with E-state index in [1.807, 2.05) is 14.1 Å². The van der Waals surface area contributed by atoms with Crippen LogP contribution in [0, 0.1) is 0 Å². The summed E-state index contributed by atoms with van der Waals surface area (Å²) < 4.78 is 21.7. The van der Waals surface area contributed by atoms with Crippen LogP contribution in [0.5, 0.6) is 0 Å². The Morgan fingerprint density at radius 2 is 1.88 bits per heavy atom. The summed E-state index contributed by atoms with van der Waals surface area (Å²) >= 11 is 0. The lowest BCUT2D eigenvalue weighted by atomic mass is 9.90. The van der Waals surface area contributed by atoms with Gasteiger partial charge in [0.05, 0.1) is 5.75 Å². The molecule has 1 aliphatic carbocycles. The highest BCUT2D eigenvalue weighted by atomic mass is 32.2. The summed E-state index contributed by atoms with van der Waals surface area (Å²) in [7, 11) is 0.650. The van der Waals surface area contributed by atoms with Crippen LogP contribution in [0.2, 0.25) is 0 Å². The summed E-state index contributed by atoms with van der Waals surface area (Å²) in [6.07, 6.45) is 4.60. The van der Waals surface area contributed by atoms with Crippen LogP contribution in [0.1, 0.15) is 25.7 Å². The van der Waals surface area contributed by atoms with Gasteiger partial charge in [0.25, 0.3) is 0 Å². The van der Waals surface area contributed by atoms with Crippen molar-refractivity contribution in [3.8, 4) is 0 Å². The van der Waals surface area contributed by atoms with Crippen molar-refractivity contribution in [2.75, 3.05) is 26.4 Å². The van der Waals surface area contributed by atoms with Gasteiger partial charge in [-0.15, -0.1) is 0 Å². The van der Waals surface area contributed by atoms with Gasteiger partial charge in [0, 0.05) is 18.6 Å². The molecule has 1 rings (SSSR count). The lowest BCUT2D eigenvalue weighted by Crippen LogP contribution is -2.41. The summed E-state index contributed by atoms with van der Waals surface area (Å²) in [6, 6.07) is 1.13. The molecular formula is C10H23N3O2S. The summed E-state index contributed by atoms with van der Waals surface area (Å²) in [4.78, 5) is 2.12. The van der Waals surface area contributed by atoms with Gasteiger partial charge in [-0.1, -0.05) is 0 Å². The lowest BCUT2D eigenvalue weighted by Gasteiger charge is -2.34. The predicted octanol–water partition coefficient (Wildman–Crippen LogP) is -0.263. The van der Waals surface area contributed by atoms with Crippen LogP contribution in [0.4, 0.5) is 0 Å². The molecule has 0 spiro atoms. The van der Waals surface area contributed by atoms with Crippen LogP contribution in [0.3, 0.4) is 0 Å². The Kier molecular flexibility index (Phi) is 5.17. The minimum Gasteiger partial charge on any atom is -0.317 e. The van der Waals surface area contributed by atoms with Gasteiger partial charge in [0.15, 0.2) is 0 Å². The van der Waals surface area contributed by atoms with Crippen LogP contribution < -0.4 is 10.5 Å². The van der Waals surface area contributed by atoms with E-state index in [4.69, 9.17) is 5.14 Å². The van der Waals surface area contributed by atoms with Crippen LogP contribution in [0.15, 0.2) is 0 Å². The van der Waals surface area contributed by atoms with Gasteiger partial charge in [-0.3, -0.25) is 0 Å². The quantitative estimate of drug-likeness (QED) is 0.704. The molecule has 0 aromatic carbocycles. The molecule has 96 valence electrons. The van der Waals surface area contributed by atoms with E-state index in [2.05, 4.69) is 10.2 Å². The van der Waals surface area contributed by atoms with E-state index in [0.29, 0.717) is 18.6 Å². The van der Waals surface area contributed by atoms with E-state index >= 15 is 0 Å². The first-order chi connectivity index (χ1) is 7.42. The van der Waals surface area contributed by atoms with Crippen molar-refractivity contribution in [2.45, 2.75) is 37.8 Å². The Balaban J connectivity index is 2.30. The highest BCUT2D eigenvalue weighted by molar-refractivity contribution is 7.89. The second-order valence-electron chi connectivity index (χ2n) is 4.64. The van der Waals surface area contributed by atoms with Gasteiger partial charge in [-0.25, -0.2) is 13.6 Å². The van der Waals surface area contributed by atoms with Crippen molar-refractivity contribution in [1.82, 2.24) is 10.2 Å². The summed E-state index contributed by atoms with van der Waals surface area (Å²) in [5.41, 5.74) is 0. The Hall–Kier alpha value is -0.170. The number of hydrogen-bond donors (Lipinski definition) is 2. The molecule has 16 heavy (non-hydrogen) atoms. The molecule has 6 heteroatoms. The maximum Gasteiger partial charge on any atom is 0.210 e. The van der Waals surface area contributed by atoms with Crippen molar-refractivity contribution in [2.24, 2.45) is 5.14 Å². The molecule has 0 saturated heterocycles. The highest BCUT2D eigenvalue weighted by Crippen LogP contribution is 2.21. The van der Waals surface area contributed by atoms with Gasteiger partial charge >= 0.3 is 0 Å². The molecule has 0 unspecified atom stereocenters. The van der Waals surface area contributed by atoms with Crippen molar-refractivity contribution in [3.05, 3.63) is 0 Å². The van der Waals surface area contributed by atoms with Crippen molar-refractivity contribution in [1.29, 1.82) is 0 Å². The average Bonchev–Trinajstić information content (AvgIpc) is 2.25. The maximum absolute atomic E-state index is 10.9. The van der Waals surface area contributed by atoms with Gasteiger partial charge in [-0.2, -0.15) is 0 Å². The Morgan fingerprint density at radius 1 is 1.31 bits per heavy atom. The lowest BCUT2D eigenvalue weighted by molar-refractivity contribution is 0.184. The number of rotatable bonds is 5. The zero-order valence-corrected chi connectivity index (χ0v) is 11.0. The van der Waals surface area contributed by atoms with E-state index < -0.39 is 10.0 Å². The third-order valence-electron chi connectivity index (χ3n) is 3.46. The van der Waals surface area contributed by atoms with Crippen molar-refractivity contribution in [3.63, 3.8) is 0 Å². The number of nitrogens with one attached hydrogen (secondary N) is 1. The molecule has 0 aromatic heterocycles. The summed E-state index contributed by atoms with van der Waals surface area (Å²) in [6.45, 7) is 0.535. The molecule has 0 aromatic rings. The maximum atomic E-state index is 10.9. The molecule has 0 radical (unpaired) electrons. The fraction of sp³-hybridized carbons (Fsp3) is 1.00. The topological polar surface area (TPSA) is 75.4 Å². The van der Waals surface area contributed by atoms with Gasteiger partial charge in [0.2, 0.25) is 10.0 Å². The zero-order valence-electron chi connectivity index (χ0n) is 10.1. The zero-order chi connectivity index (χ0) is 12.2. The van der Waals surface area contributed by atoms with Crippen molar-refractivity contribution >= 4 is 10.0 Å². The number of primary sulfonamides is 1. The summed E-state index contributed by atoms with van der Waals surface area (Å²) in [5, 5.41) is 8.28. The Labute approximate surface area is 98.4 Å². The number of sulfonamides is 1. The first kappa shape index (κ1) is 13.9. The molecule has 1 fully saturated rings. The van der Waals surface area contributed by atoms with E-state index in [-0.39, 0.29) is 5.75 Å². The van der Waals surface area contributed by atoms with Gasteiger partial charge < -0.3 is 10.2 Å². The van der Waals surface area contributed by atoms with Crippen molar-refractivity contribution < 1.29 is 8.42 Å². The minimum atomic E-state index is -3.33. The molecule has 0 heterocycles. The van der Waals surface area contributed by atoms with E-state index in [9.17, 15) is 8.42 Å². The molecule has 1 saturated carbocycles. The second-order valence-corrected chi connectivity index (χ2v) is 6.38. The molecule has 0 aliphatic heterocycles. The van der Waals surface area contributed by atoms with Crippen LogP contribution in [-0.2, 0) is 10.0 Å². The first-order valence-corrected chi connectivity index (χ1v) is 7.52. The predicted molar refractivity (Wildman–Crippen MR) is 65.7 cm³/mol. The molecule has 3 N–H and O–H groups in total. The average molecular weight is 249 g/mol. The number of hydrogen-bond acceptors (Lipinski definition) is 4. The number of nitrogens with zero attached hydrogens (tertiary/aromatic N) is 1. The largest absolute Gasteiger partial charge is 0.317 e. The van der Waals surface area contributed by atoms with Crippen LogP contribution in [0.25, 0.3) is 0 Å². The van der Waals surface area contributed by atoms with Gasteiger partial charge in [-0.05, 0) is 39.8 Å². The fourth-order valence-electron chi connectivity index (χ4n) is 2.26. The minimum absolute atomic E-state index is 0.0510. The fourth-order valence-corrected chi connectivity index (χ4v) is 2.80. The summed E-state index contributed by atoms with van der Waals surface area (Å²) in [5.74, 6) is 0.0510.